The van der Waals surface area contributed by atoms with Gasteiger partial charge in [0.25, 0.3) is 5.91 Å². The number of nitrogens with two attached hydrogens (primary N) is 1. The van der Waals surface area contributed by atoms with Crippen molar-refractivity contribution >= 4 is 22.7 Å². The Hall–Kier alpha value is -3.98. The van der Waals surface area contributed by atoms with Gasteiger partial charge in [0.05, 0.1) is 11.1 Å². The van der Waals surface area contributed by atoms with E-state index in [0.717, 1.165) is 36.2 Å². The SMILES string of the molecule is COCCCc1ccc(-c2cnc3[nH]cc(C(=O)c4c(F)ccc(C(N)=O)c4F)c3c2)cn1. The third-order valence-corrected chi connectivity index (χ3v) is 5.30. The Morgan fingerprint density at radius 1 is 1.06 bits per heavy atom. The Labute approximate surface area is 187 Å². The lowest BCUT2D eigenvalue weighted by Gasteiger charge is -2.07. The summed E-state index contributed by atoms with van der Waals surface area (Å²) >= 11 is 0. The molecule has 1 amide bonds. The average molecular weight is 450 g/mol. The van der Waals surface area contributed by atoms with Crippen molar-refractivity contribution in [1.82, 2.24) is 15.0 Å². The van der Waals surface area contributed by atoms with Crippen molar-refractivity contribution in [3.8, 4) is 11.1 Å². The Morgan fingerprint density at radius 2 is 1.85 bits per heavy atom. The van der Waals surface area contributed by atoms with E-state index in [4.69, 9.17) is 10.5 Å². The van der Waals surface area contributed by atoms with Gasteiger partial charge in [-0.1, -0.05) is 6.07 Å². The van der Waals surface area contributed by atoms with Crippen molar-refractivity contribution in [2.24, 2.45) is 5.73 Å². The molecule has 4 aromatic rings. The van der Waals surface area contributed by atoms with E-state index in [1.165, 1.54) is 6.20 Å². The number of pyridine rings is 2. The molecule has 0 atom stereocenters. The molecule has 0 bridgehead atoms. The first kappa shape index (κ1) is 22.2. The van der Waals surface area contributed by atoms with E-state index in [9.17, 15) is 18.4 Å². The van der Waals surface area contributed by atoms with Gasteiger partial charge in [-0.25, -0.2) is 13.8 Å². The number of ketones is 1. The lowest BCUT2D eigenvalue weighted by atomic mass is 9.98. The van der Waals surface area contributed by atoms with Gasteiger partial charge < -0.3 is 15.5 Å². The zero-order chi connectivity index (χ0) is 23.5. The Kier molecular flexibility index (Phi) is 6.23. The number of halogens is 2. The van der Waals surface area contributed by atoms with Gasteiger partial charge in [0.15, 0.2) is 0 Å². The second kappa shape index (κ2) is 9.25. The molecule has 3 aromatic heterocycles. The van der Waals surface area contributed by atoms with Crippen LogP contribution in [0.15, 0.2) is 48.9 Å². The van der Waals surface area contributed by atoms with Crippen molar-refractivity contribution in [3.63, 3.8) is 0 Å². The molecular formula is C24H20F2N4O3. The van der Waals surface area contributed by atoms with Crippen molar-refractivity contribution in [1.29, 1.82) is 0 Å². The molecule has 3 heterocycles. The van der Waals surface area contributed by atoms with Crippen LogP contribution in [0.25, 0.3) is 22.2 Å². The van der Waals surface area contributed by atoms with E-state index in [1.807, 2.05) is 12.1 Å². The molecule has 1 aromatic carbocycles. The highest BCUT2D eigenvalue weighted by Gasteiger charge is 2.25. The quantitative estimate of drug-likeness (QED) is 0.313. The summed E-state index contributed by atoms with van der Waals surface area (Å²) in [4.78, 5) is 36.1. The number of carbonyl (C=O) groups excluding carboxylic acids is 2. The van der Waals surface area contributed by atoms with E-state index >= 15 is 0 Å². The number of methoxy groups -OCH3 is 1. The molecule has 168 valence electrons. The van der Waals surface area contributed by atoms with Crippen LogP contribution < -0.4 is 5.73 Å². The van der Waals surface area contributed by atoms with Crippen molar-refractivity contribution in [3.05, 3.63) is 82.9 Å². The molecule has 0 fully saturated rings. The smallest absolute Gasteiger partial charge is 0.251 e. The predicted molar refractivity (Wildman–Crippen MR) is 118 cm³/mol. The molecule has 33 heavy (non-hydrogen) atoms. The van der Waals surface area contributed by atoms with Gasteiger partial charge in [-0.2, -0.15) is 0 Å². The van der Waals surface area contributed by atoms with Crippen LogP contribution in [0.4, 0.5) is 8.78 Å². The standard InChI is InChI=1S/C24H20F2N4O3/c1-33-8-2-3-15-5-4-13(10-28-15)14-9-17-18(12-30-24(17)29-11-14)22(31)20-19(25)7-6-16(21(20)26)23(27)32/h4-7,9-12H,2-3,8H2,1H3,(H2,27,32)(H,29,30). The molecule has 0 aliphatic heterocycles. The number of aromatic nitrogens is 3. The summed E-state index contributed by atoms with van der Waals surface area (Å²) in [7, 11) is 1.65. The number of amides is 1. The molecule has 7 nitrogen and oxygen atoms in total. The van der Waals surface area contributed by atoms with Crippen molar-refractivity contribution in [2.75, 3.05) is 13.7 Å². The molecular weight excluding hydrogens is 430 g/mol. The number of aryl methyl sites for hydroxylation is 1. The zero-order valence-corrected chi connectivity index (χ0v) is 17.7. The lowest BCUT2D eigenvalue weighted by molar-refractivity contribution is 0.0996. The largest absolute Gasteiger partial charge is 0.385 e. The van der Waals surface area contributed by atoms with Crippen LogP contribution in [0, 0.1) is 11.6 Å². The fourth-order valence-electron chi connectivity index (χ4n) is 3.58. The molecule has 9 heteroatoms. The predicted octanol–water partition coefficient (Wildman–Crippen LogP) is 3.81. The first-order valence-electron chi connectivity index (χ1n) is 10.1. The average Bonchev–Trinajstić information content (AvgIpc) is 3.23. The van der Waals surface area contributed by atoms with Gasteiger partial charge in [0.1, 0.15) is 17.3 Å². The summed E-state index contributed by atoms with van der Waals surface area (Å²) in [6.45, 7) is 0.651. The van der Waals surface area contributed by atoms with Crippen LogP contribution in [0.5, 0.6) is 0 Å². The Balaban J connectivity index is 1.70. The van der Waals surface area contributed by atoms with Gasteiger partial charge in [0.2, 0.25) is 5.78 Å². The normalized spacial score (nSPS) is 11.1. The number of nitrogens with zero attached hydrogens (tertiary/aromatic N) is 2. The number of aromatic amines is 1. The number of nitrogens with one attached hydrogen (secondary N) is 1. The lowest BCUT2D eigenvalue weighted by Crippen LogP contribution is -2.17. The Morgan fingerprint density at radius 3 is 2.55 bits per heavy atom. The number of hydrogen-bond donors (Lipinski definition) is 2. The summed E-state index contributed by atoms with van der Waals surface area (Å²) in [5.74, 6) is -4.40. The number of fused-ring (bicyclic) bond motifs is 1. The van der Waals surface area contributed by atoms with Gasteiger partial charge in [0, 0.05) is 60.1 Å². The second-order valence-electron chi connectivity index (χ2n) is 7.43. The molecule has 0 radical (unpaired) electrons. The number of ether oxygens (including phenoxy) is 1. The highest BCUT2D eigenvalue weighted by Crippen LogP contribution is 2.28. The van der Waals surface area contributed by atoms with Gasteiger partial charge in [-0.15, -0.1) is 0 Å². The van der Waals surface area contributed by atoms with Crippen LogP contribution in [0.2, 0.25) is 0 Å². The minimum Gasteiger partial charge on any atom is -0.385 e. The third-order valence-electron chi connectivity index (χ3n) is 5.30. The summed E-state index contributed by atoms with van der Waals surface area (Å²) in [5.41, 5.74) is 6.48. The highest BCUT2D eigenvalue weighted by atomic mass is 19.1. The molecule has 0 saturated carbocycles. The molecule has 3 N–H and O–H groups in total. The van der Waals surface area contributed by atoms with Crippen molar-refractivity contribution < 1.29 is 23.1 Å². The number of hydrogen-bond acceptors (Lipinski definition) is 5. The molecule has 0 aliphatic carbocycles. The van der Waals surface area contributed by atoms with Crippen LogP contribution >= 0.6 is 0 Å². The molecule has 0 saturated heterocycles. The third kappa shape index (κ3) is 4.35. The topological polar surface area (TPSA) is 111 Å². The first-order chi connectivity index (χ1) is 15.9. The number of primary amides is 1. The maximum absolute atomic E-state index is 14.7. The maximum Gasteiger partial charge on any atom is 0.251 e. The summed E-state index contributed by atoms with van der Waals surface area (Å²) in [6.07, 6.45) is 6.29. The second-order valence-corrected chi connectivity index (χ2v) is 7.43. The number of H-pyrrole nitrogens is 1. The van der Waals surface area contributed by atoms with Crippen LogP contribution in [0.3, 0.4) is 0 Å². The van der Waals surface area contributed by atoms with Gasteiger partial charge in [-0.05, 0) is 37.1 Å². The Bertz CT molecular complexity index is 1350. The van der Waals surface area contributed by atoms with E-state index in [0.29, 0.717) is 23.2 Å². The first-order valence-corrected chi connectivity index (χ1v) is 10.1. The zero-order valence-electron chi connectivity index (χ0n) is 17.7. The van der Waals surface area contributed by atoms with Crippen LogP contribution in [0.1, 0.15) is 38.4 Å². The van der Waals surface area contributed by atoms with E-state index in [-0.39, 0.29) is 5.56 Å². The summed E-state index contributed by atoms with van der Waals surface area (Å²) < 4.78 is 34.1. The maximum atomic E-state index is 14.7. The minimum atomic E-state index is -1.29. The molecule has 0 unspecified atom stereocenters. The summed E-state index contributed by atoms with van der Waals surface area (Å²) in [5, 5.41) is 0.380. The highest BCUT2D eigenvalue weighted by molar-refractivity contribution is 6.17. The van der Waals surface area contributed by atoms with Crippen LogP contribution in [-0.2, 0) is 11.2 Å². The van der Waals surface area contributed by atoms with Crippen molar-refractivity contribution in [2.45, 2.75) is 12.8 Å². The minimum absolute atomic E-state index is 0.0166. The van der Waals surface area contributed by atoms with E-state index < -0.39 is 34.5 Å². The fraction of sp³-hybridized carbons (Fsp3) is 0.167. The number of rotatable bonds is 8. The van der Waals surface area contributed by atoms with Crippen LogP contribution in [-0.4, -0.2) is 40.4 Å². The van der Waals surface area contributed by atoms with E-state index in [1.54, 1.807) is 25.6 Å². The molecule has 4 rings (SSSR count). The fourth-order valence-corrected chi connectivity index (χ4v) is 3.58. The van der Waals surface area contributed by atoms with Gasteiger partial charge >= 0.3 is 0 Å². The molecule has 0 spiro atoms. The summed E-state index contributed by atoms with van der Waals surface area (Å²) in [6, 6.07) is 7.24. The number of carbonyl (C=O) groups is 2. The monoisotopic (exact) mass is 450 g/mol. The number of benzene rings is 1. The van der Waals surface area contributed by atoms with Gasteiger partial charge in [-0.3, -0.25) is 14.6 Å². The molecule has 0 aliphatic rings. The van der Waals surface area contributed by atoms with E-state index in [2.05, 4.69) is 15.0 Å².